The van der Waals surface area contributed by atoms with Crippen molar-refractivity contribution in [1.29, 1.82) is 0 Å². The molecule has 0 fully saturated rings. The van der Waals surface area contributed by atoms with Gasteiger partial charge in [0.05, 0.1) is 22.3 Å². The molecule has 1 aliphatic rings. The molecule has 7 heteroatoms. The summed E-state index contributed by atoms with van der Waals surface area (Å²) in [6.07, 6.45) is 7.81. The van der Waals surface area contributed by atoms with Crippen LogP contribution < -0.4 is 5.32 Å². The number of rotatable bonds is 7. The van der Waals surface area contributed by atoms with E-state index in [0.29, 0.717) is 34.5 Å². The minimum Gasteiger partial charge on any atom is -0.452 e. The van der Waals surface area contributed by atoms with Crippen molar-refractivity contribution < 1.29 is 14.3 Å². The zero-order valence-corrected chi connectivity index (χ0v) is 18.6. The predicted molar refractivity (Wildman–Crippen MR) is 123 cm³/mol. The number of aromatic nitrogens is 3. The maximum Gasteiger partial charge on any atom is 0.339 e. The van der Waals surface area contributed by atoms with E-state index in [1.54, 1.807) is 17.8 Å². The van der Waals surface area contributed by atoms with Crippen molar-refractivity contribution in [3.8, 4) is 11.3 Å². The van der Waals surface area contributed by atoms with Crippen LogP contribution in [0.5, 0.6) is 0 Å². The summed E-state index contributed by atoms with van der Waals surface area (Å²) in [4.78, 5) is 29.9. The zero-order chi connectivity index (χ0) is 22.5. The normalized spacial score (nSPS) is 13.6. The first-order chi connectivity index (χ1) is 15.5. The lowest BCUT2D eigenvalue weighted by Crippen LogP contribution is -2.30. The molecule has 1 aliphatic carbocycles. The number of benzene rings is 1. The number of esters is 1. The summed E-state index contributed by atoms with van der Waals surface area (Å²) in [5.74, 6) is -0.859. The van der Waals surface area contributed by atoms with E-state index in [9.17, 15) is 9.59 Å². The van der Waals surface area contributed by atoms with E-state index in [0.717, 1.165) is 24.8 Å². The van der Waals surface area contributed by atoms with Crippen LogP contribution in [0.25, 0.3) is 22.3 Å². The second kappa shape index (κ2) is 9.77. The minimum absolute atomic E-state index is 0.300. The number of carbonyl (C=O) groups excluding carboxylic acids is 2. The Kier molecular flexibility index (Phi) is 6.63. The summed E-state index contributed by atoms with van der Waals surface area (Å²) in [6, 6.07) is 11.3. The molecule has 1 aromatic carbocycles. The van der Waals surface area contributed by atoms with Crippen molar-refractivity contribution in [2.75, 3.05) is 13.2 Å². The third-order valence-corrected chi connectivity index (χ3v) is 5.75. The van der Waals surface area contributed by atoms with Crippen LogP contribution in [-0.4, -0.2) is 39.8 Å². The fourth-order valence-corrected chi connectivity index (χ4v) is 4.12. The Morgan fingerprint density at radius 1 is 1.19 bits per heavy atom. The van der Waals surface area contributed by atoms with E-state index >= 15 is 0 Å². The molecule has 0 spiro atoms. The number of carbonyl (C=O) groups is 2. The molecule has 1 amide bonds. The Labute approximate surface area is 187 Å². The lowest BCUT2D eigenvalue weighted by Gasteiger charge is -2.13. The largest absolute Gasteiger partial charge is 0.452 e. The number of allylic oxidation sites excluding steroid dienone is 1. The molecule has 166 valence electrons. The number of amides is 1. The third kappa shape index (κ3) is 4.88. The Morgan fingerprint density at radius 2 is 2.00 bits per heavy atom. The molecule has 2 heterocycles. The van der Waals surface area contributed by atoms with Crippen LogP contribution in [-0.2, 0) is 16.6 Å². The van der Waals surface area contributed by atoms with E-state index in [1.807, 2.05) is 37.3 Å². The number of fused-ring (bicyclic) bond motifs is 1. The van der Waals surface area contributed by atoms with Crippen molar-refractivity contribution in [1.82, 2.24) is 20.1 Å². The first-order valence-corrected chi connectivity index (χ1v) is 11.0. The molecule has 0 saturated heterocycles. The van der Waals surface area contributed by atoms with Crippen LogP contribution in [0.3, 0.4) is 0 Å². The fourth-order valence-electron chi connectivity index (χ4n) is 4.12. The second-order valence-corrected chi connectivity index (χ2v) is 8.11. The van der Waals surface area contributed by atoms with E-state index in [2.05, 4.69) is 16.5 Å². The molecule has 3 aromatic rings. The van der Waals surface area contributed by atoms with Crippen LogP contribution in [0.4, 0.5) is 0 Å². The van der Waals surface area contributed by atoms with Crippen LogP contribution in [0, 0.1) is 6.92 Å². The molecular formula is C25H28N4O3. The summed E-state index contributed by atoms with van der Waals surface area (Å²) in [5, 5.41) is 7.89. The number of hydrogen-bond acceptors (Lipinski definition) is 5. The molecule has 4 rings (SSSR count). The summed E-state index contributed by atoms with van der Waals surface area (Å²) in [6.45, 7) is 2.07. The molecule has 32 heavy (non-hydrogen) atoms. The van der Waals surface area contributed by atoms with Gasteiger partial charge in [-0.2, -0.15) is 5.10 Å². The number of hydrogen-bond donors (Lipinski definition) is 1. The minimum atomic E-state index is -0.559. The summed E-state index contributed by atoms with van der Waals surface area (Å²) in [7, 11) is 1.79. The number of nitrogens with one attached hydrogen (secondary N) is 1. The maximum absolute atomic E-state index is 13.0. The van der Waals surface area contributed by atoms with E-state index in [4.69, 9.17) is 9.72 Å². The summed E-state index contributed by atoms with van der Waals surface area (Å²) in [5.41, 5.74) is 4.58. The molecular weight excluding hydrogens is 404 g/mol. The zero-order valence-electron chi connectivity index (χ0n) is 18.6. The van der Waals surface area contributed by atoms with Gasteiger partial charge in [-0.25, -0.2) is 9.78 Å². The smallest absolute Gasteiger partial charge is 0.339 e. The van der Waals surface area contributed by atoms with Crippen LogP contribution in [0.1, 0.15) is 48.2 Å². The average Bonchev–Trinajstić information content (AvgIpc) is 3.11. The molecule has 0 saturated carbocycles. The third-order valence-electron chi connectivity index (χ3n) is 5.75. The van der Waals surface area contributed by atoms with Crippen LogP contribution >= 0.6 is 0 Å². The van der Waals surface area contributed by atoms with Gasteiger partial charge in [0.25, 0.3) is 5.91 Å². The van der Waals surface area contributed by atoms with Gasteiger partial charge in [-0.1, -0.05) is 42.0 Å². The SMILES string of the molecule is Cc1nn(C)c2nc(-c3ccccc3)cc(C(=O)OCC(=O)NCCC3=CCCCC3)c12. The van der Waals surface area contributed by atoms with Crippen LogP contribution in [0.2, 0.25) is 0 Å². The molecule has 7 nitrogen and oxygen atoms in total. The summed E-state index contributed by atoms with van der Waals surface area (Å²) >= 11 is 0. The molecule has 0 unspecified atom stereocenters. The fraction of sp³-hybridized carbons (Fsp3) is 0.360. The Morgan fingerprint density at radius 3 is 2.75 bits per heavy atom. The van der Waals surface area contributed by atoms with E-state index in [-0.39, 0.29) is 12.5 Å². The van der Waals surface area contributed by atoms with Crippen molar-refractivity contribution in [2.45, 2.75) is 39.0 Å². The number of nitrogens with zero attached hydrogens (tertiary/aromatic N) is 3. The lowest BCUT2D eigenvalue weighted by atomic mass is 9.97. The van der Waals surface area contributed by atoms with Gasteiger partial charge in [0.2, 0.25) is 0 Å². The predicted octanol–water partition coefficient (Wildman–Crippen LogP) is 4.11. The van der Waals surface area contributed by atoms with Crippen molar-refractivity contribution >= 4 is 22.9 Å². The number of pyridine rings is 1. The lowest BCUT2D eigenvalue weighted by molar-refractivity contribution is -0.124. The Hall–Kier alpha value is -3.48. The first-order valence-electron chi connectivity index (χ1n) is 11.0. The Bertz CT molecular complexity index is 1160. The molecule has 2 aromatic heterocycles. The highest BCUT2D eigenvalue weighted by Crippen LogP contribution is 2.27. The van der Waals surface area contributed by atoms with Gasteiger partial charge < -0.3 is 10.1 Å². The van der Waals surface area contributed by atoms with Gasteiger partial charge >= 0.3 is 5.97 Å². The highest BCUT2D eigenvalue weighted by Gasteiger charge is 2.21. The number of aryl methyl sites for hydroxylation is 2. The van der Waals surface area contributed by atoms with Crippen molar-refractivity contribution in [3.05, 3.63) is 59.3 Å². The molecule has 0 radical (unpaired) electrons. The molecule has 1 N–H and O–H groups in total. The van der Waals surface area contributed by atoms with Crippen molar-refractivity contribution in [3.63, 3.8) is 0 Å². The van der Waals surface area contributed by atoms with E-state index in [1.165, 1.54) is 18.4 Å². The quantitative estimate of drug-likeness (QED) is 0.449. The first kappa shape index (κ1) is 21.7. The number of ether oxygens (including phenoxy) is 1. The van der Waals surface area contributed by atoms with E-state index < -0.39 is 5.97 Å². The standard InChI is InChI=1S/C25H28N4O3/c1-17-23-20(15-21(19-11-7-4-8-12-19)27-24(23)29(2)28-17)25(31)32-16-22(30)26-14-13-18-9-5-3-6-10-18/h4,7-9,11-12,15H,3,5-6,10,13-14,16H2,1-2H3,(H,26,30). The second-order valence-electron chi connectivity index (χ2n) is 8.11. The monoisotopic (exact) mass is 432 g/mol. The molecule has 0 atom stereocenters. The van der Waals surface area contributed by atoms with Gasteiger partial charge in [-0.15, -0.1) is 0 Å². The van der Waals surface area contributed by atoms with Crippen LogP contribution in [0.15, 0.2) is 48.0 Å². The van der Waals surface area contributed by atoms with Gasteiger partial charge in [0.15, 0.2) is 12.3 Å². The topological polar surface area (TPSA) is 86.1 Å². The molecule has 0 aliphatic heterocycles. The van der Waals surface area contributed by atoms with Crippen molar-refractivity contribution in [2.24, 2.45) is 7.05 Å². The highest BCUT2D eigenvalue weighted by molar-refractivity contribution is 6.05. The molecule has 0 bridgehead atoms. The summed E-state index contributed by atoms with van der Waals surface area (Å²) < 4.78 is 7.02. The van der Waals surface area contributed by atoms with Gasteiger partial charge in [0.1, 0.15) is 0 Å². The van der Waals surface area contributed by atoms with Gasteiger partial charge in [-0.3, -0.25) is 9.48 Å². The average molecular weight is 433 g/mol. The maximum atomic E-state index is 13.0. The highest BCUT2D eigenvalue weighted by atomic mass is 16.5. The van der Waals surface area contributed by atoms with Gasteiger partial charge in [-0.05, 0) is 45.1 Å². The van der Waals surface area contributed by atoms with Gasteiger partial charge in [0, 0.05) is 19.2 Å². The Balaban J connectivity index is 1.46.